The molecule has 1 rings (SSSR count). The molecule has 0 saturated heterocycles. The van der Waals surface area contributed by atoms with Crippen LogP contribution in [0, 0.1) is 0 Å². The largest absolute Gasteiger partial charge is 0.480 e. The Kier molecular flexibility index (Phi) is 4.43. The quantitative estimate of drug-likeness (QED) is 0.487. The number of carboxylic acids is 1. The third-order valence-electron chi connectivity index (χ3n) is 2.09. The van der Waals surface area contributed by atoms with E-state index in [0.29, 0.717) is 0 Å². The molecule has 8 nitrogen and oxygen atoms in total. The summed E-state index contributed by atoms with van der Waals surface area (Å²) in [5.41, 5.74) is 0. The monoisotopic (exact) mass is 266 g/mol. The summed E-state index contributed by atoms with van der Waals surface area (Å²) in [5.74, 6) is -2.23. The number of carboxylic acid groups (broad SMARTS) is 1. The first-order valence-corrected chi connectivity index (χ1v) is 6.41. The van der Waals surface area contributed by atoms with Gasteiger partial charge < -0.3 is 9.84 Å². The Morgan fingerprint density at radius 2 is 2.06 bits per heavy atom. The van der Waals surface area contributed by atoms with Crippen molar-refractivity contribution in [1.29, 1.82) is 0 Å². The van der Waals surface area contributed by atoms with Crippen molar-refractivity contribution in [2.75, 3.05) is 7.11 Å². The molecular weight excluding hydrogens is 252 g/mol. The van der Waals surface area contributed by atoms with Crippen LogP contribution in [0.15, 0.2) is 0 Å². The predicted octanol–water partition coefficient (Wildman–Crippen LogP) is -1.41. The third-order valence-corrected chi connectivity index (χ3v) is 3.33. The molecule has 1 aliphatic carbocycles. The van der Waals surface area contributed by atoms with E-state index >= 15 is 0 Å². The van der Waals surface area contributed by atoms with E-state index in [1.165, 1.54) is 0 Å². The zero-order chi connectivity index (χ0) is 13.1. The Bertz CT molecular complexity index is 402. The minimum absolute atomic E-state index is 0.139. The van der Waals surface area contributed by atoms with Gasteiger partial charge in [-0.3, -0.25) is 9.59 Å². The topological polar surface area (TPSA) is 122 Å². The van der Waals surface area contributed by atoms with Crippen molar-refractivity contribution in [3.63, 3.8) is 0 Å². The molecule has 1 saturated carbocycles. The first kappa shape index (κ1) is 13.9. The molecule has 17 heavy (non-hydrogen) atoms. The van der Waals surface area contributed by atoms with E-state index in [9.17, 15) is 18.0 Å². The summed E-state index contributed by atoms with van der Waals surface area (Å²) in [5, 5.41) is 8.77. The fourth-order valence-corrected chi connectivity index (χ4v) is 2.37. The highest BCUT2D eigenvalue weighted by atomic mass is 32.2. The average Bonchev–Trinajstić information content (AvgIpc) is 2.99. The van der Waals surface area contributed by atoms with Gasteiger partial charge in [0.2, 0.25) is 0 Å². The fourth-order valence-electron chi connectivity index (χ4n) is 1.07. The lowest BCUT2D eigenvalue weighted by Crippen LogP contribution is -2.48. The van der Waals surface area contributed by atoms with Gasteiger partial charge >= 0.3 is 11.9 Å². The number of methoxy groups -OCH3 is 1. The SMILES string of the molecule is COC(=O)C[C@H](NS(=O)(=O)NC1CC1)C(=O)O. The van der Waals surface area contributed by atoms with Crippen LogP contribution >= 0.6 is 0 Å². The van der Waals surface area contributed by atoms with Gasteiger partial charge in [-0.05, 0) is 12.8 Å². The molecular formula is C8H14N2O6S. The molecule has 0 aliphatic heterocycles. The van der Waals surface area contributed by atoms with Gasteiger partial charge in [0.05, 0.1) is 13.5 Å². The average molecular weight is 266 g/mol. The number of carbonyl (C=O) groups is 2. The minimum Gasteiger partial charge on any atom is -0.480 e. The lowest BCUT2D eigenvalue weighted by molar-refractivity contribution is -0.147. The van der Waals surface area contributed by atoms with Crippen LogP contribution in [0.25, 0.3) is 0 Å². The number of nitrogens with one attached hydrogen (secondary N) is 2. The van der Waals surface area contributed by atoms with Crippen molar-refractivity contribution in [3.05, 3.63) is 0 Å². The molecule has 1 fully saturated rings. The molecule has 0 amide bonds. The van der Waals surface area contributed by atoms with Gasteiger partial charge in [-0.1, -0.05) is 0 Å². The zero-order valence-corrected chi connectivity index (χ0v) is 9.99. The van der Waals surface area contributed by atoms with Crippen molar-refractivity contribution < 1.29 is 27.9 Å². The van der Waals surface area contributed by atoms with Gasteiger partial charge in [0.1, 0.15) is 6.04 Å². The van der Waals surface area contributed by atoms with Gasteiger partial charge in [-0.25, -0.2) is 0 Å². The lowest BCUT2D eigenvalue weighted by atomic mass is 10.2. The molecule has 9 heteroatoms. The van der Waals surface area contributed by atoms with Crippen LogP contribution in [-0.2, 0) is 24.5 Å². The number of carbonyl (C=O) groups excluding carboxylic acids is 1. The van der Waals surface area contributed by atoms with Crippen LogP contribution in [-0.4, -0.2) is 44.7 Å². The zero-order valence-electron chi connectivity index (χ0n) is 9.17. The van der Waals surface area contributed by atoms with Gasteiger partial charge in [0.15, 0.2) is 0 Å². The summed E-state index contributed by atoms with van der Waals surface area (Å²) < 4.78 is 31.3. The molecule has 0 aromatic rings. The maximum absolute atomic E-state index is 11.4. The van der Waals surface area contributed by atoms with Crippen molar-refractivity contribution in [3.8, 4) is 0 Å². The number of hydrogen-bond donors (Lipinski definition) is 3. The Labute approximate surface area is 98.5 Å². The van der Waals surface area contributed by atoms with Crippen LogP contribution < -0.4 is 9.44 Å². The maximum Gasteiger partial charge on any atom is 0.322 e. The number of ether oxygens (including phenoxy) is 1. The molecule has 1 atom stereocenters. The van der Waals surface area contributed by atoms with E-state index < -0.39 is 34.6 Å². The second-order valence-electron chi connectivity index (χ2n) is 3.68. The van der Waals surface area contributed by atoms with Gasteiger partial charge in [-0.2, -0.15) is 17.9 Å². The molecule has 0 bridgehead atoms. The van der Waals surface area contributed by atoms with Crippen LogP contribution in [0.3, 0.4) is 0 Å². The molecule has 0 aromatic heterocycles. The van der Waals surface area contributed by atoms with E-state index in [-0.39, 0.29) is 6.04 Å². The number of aliphatic carboxylic acids is 1. The van der Waals surface area contributed by atoms with Gasteiger partial charge in [0, 0.05) is 6.04 Å². The summed E-state index contributed by atoms with van der Waals surface area (Å²) in [6.45, 7) is 0. The maximum atomic E-state index is 11.4. The second kappa shape index (κ2) is 5.43. The lowest BCUT2D eigenvalue weighted by Gasteiger charge is -2.13. The summed E-state index contributed by atoms with van der Waals surface area (Å²) >= 11 is 0. The van der Waals surface area contributed by atoms with Gasteiger partial charge in [-0.15, -0.1) is 0 Å². The second-order valence-corrected chi connectivity index (χ2v) is 5.16. The molecule has 0 spiro atoms. The number of rotatable bonds is 7. The van der Waals surface area contributed by atoms with Crippen molar-refractivity contribution >= 4 is 22.1 Å². The number of hydrogen-bond acceptors (Lipinski definition) is 5. The van der Waals surface area contributed by atoms with Crippen molar-refractivity contribution in [2.45, 2.75) is 31.3 Å². The summed E-state index contributed by atoms with van der Waals surface area (Å²) in [6, 6.07) is -1.67. The smallest absolute Gasteiger partial charge is 0.322 e. The Balaban J connectivity index is 2.58. The minimum atomic E-state index is -3.91. The highest BCUT2D eigenvalue weighted by molar-refractivity contribution is 7.87. The molecule has 3 N–H and O–H groups in total. The molecule has 0 aromatic carbocycles. The van der Waals surface area contributed by atoms with Crippen LogP contribution in [0.5, 0.6) is 0 Å². The normalized spacial score (nSPS) is 17.5. The van der Waals surface area contributed by atoms with Crippen LogP contribution in [0.1, 0.15) is 19.3 Å². The molecule has 0 radical (unpaired) electrons. The Morgan fingerprint density at radius 3 is 2.47 bits per heavy atom. The van der Waals surface area contributed by atoms with Crippen molar-refractivity contribution in [2.24, 2.45) is 0 Å². The molecule has 0 unspecified atom stereocenters. The summed E-state index contributed by atoms with van der Waals surface area (Å²) in [4.78, 5) is 21.7. The molecule has 0 heterocycles. The first-order chi connectivity index (χ1) is 7.84. The van der Waals surface area contributed by atoms with Gasteiger partial charge in [0.25, 0.3) is 10.2 Å². The predicted molar refractivity (Wildman–Crippen MR) is 56.3 cm³/mol. The molecule has 1 aliphatic rings. The van der Waals surface area contributed by atoms with Crippen molar-refractivity contribution in [1.82, 2.24) is 9.44 Å². The first-order valence-electron chi connectivity index (χ1n) is 4.93. The van der Waals surface area contributed by atoms with E-state index in [2.05, 4.69) is 9.46 Å². The molecule has 98 valence electrons. The van der Waals surface area contributed by atoms with Crippen LogP contribution in [0.2, 0.25) is 0 Å². The Hall–Kier alpha value is -1.19. The fraction of sp³-hybridized carbons (Fsp3) is 0.750. The Morgan fingerprint density at radius 1 is 1.47 bits per heavy atom. The van der Waals surface area contributed by atoms with E-state index in [4.69, 9.17) is 5.11 Å². The van der Waals surface area contributed by atoms with Crippen LogP contribution in [0.4, 0.5) is 0 Å². The van der Waals surface area contributed by atoms with E-state index in [0.717, 1.165) is 20.0 Å². The summed E-state index contributed by atoms with van der Waals surface area (Å²) in [6.07, 6.45) is 0.905. The number of esters is 1. The van der Waals surface area contributed by atoms with E-state index in [1.807, 2.05) is 4.72 Å². The van der Waals surface area contributed by atoms with E-state index in [1.54, 1.807) is 0 Å². The highest BCUT2D eigenvalue weighted by Gasteiger charge is 2.31. The summed E-state index contributed by atoms with van der Waals surface area (Å²) in [7, 11) is -2.81. The third kappa shape index (κ3) is 5.11. The highest BCUT2D eigenvalue weighted by Crippen LogP contribution is 2.19. The standard InChI is InChI=1S/C8H14N2O6S/c1-16-7(11)4-6(8(12)13)10-17(14,15)9-5-2-3-5/h5-6,9-10H,2-4H2,1H3,(H,12,13)/t6-/m0/s1.